The zero-order valence-electron chi connectivity index (χ0n) is 9.09. The van der Waals surface area contributed by atoms with Crippen LogP contribution in [0.1, 0.15) is 46.5 Å². The molecule has 2 heteroatoms. The first-order valence-electron chi connectivity index (χ1n) is 5.40. The average Bonchev–Trinajstić information content (AvgIpc) is 2.02. The summed E-state index contributed by atoms with van der Waals surface area (Å²) >= 11 is 0. The van der Waals surface area contributed by atoms with E-state index >= 15 is 0 Å². The summed E-state index contributed by atoms with van der Waals surface area (Å²) in [4.78, 5) is 0. The van der Waals surface area contributed by atoms with Crippen LogP contribution in [0.4, 0.5) is 0 Å². The summed E-state index contributed by atoms with van der Waals surface area (Å²) in [5.74, 6) is 1.04. The van der Waals surface area contributed by atoms with E-state index in [2.05, 4.69) is 6.92 Å². The van der Waals surface area contributed by atoms with E-state index < -0.39 is 5.54 Å². The predicted octanol–water partition coefficient (Wildman–Crippen LogP) is 1.91. The van der Waals surface area contributed by atoms with Crippen molar-refractivity contribution in [2.75, 3.05) is 0 Å². The van der Waals surface area contributed by atoms with E-state index in [-0.39, 0.29) is 6.10 Å². The van der Waals surface area contributed by atoms with Crippen molar-refractivity contribution in [3.63, 3.8) is 0 Å². The lowest BCUT2D eigenvalue weighted by atomic mass is 9.73. The Morgan fingerprint density at radius 2 is 1.85 bits per heavy atom. The summed E-state index contributed by atoms with van der Waals surface area (Å²) in [7, 11) is 0. The second-order valence-corrected chi connectivity index (χ2v) is 5.19. The molecule has 0 bridgehead atoms. The minimum atomic E-state index is -0.448. The number of rotatable bonds is 2. The van der Waals surface area contributed by atoms with E-state index in [1.54, 1.807) is 0 Å². The molecule has 0 radical (unpaired) electrons. The molecule has 0 aromatic heterocycles. The third kappa shape index (κ3) is 2.68. The van der Waals surface area contributed by atoms with Gasteiger partial charge in [-0.1, -0.05) is 26.2 Å². The van der Waals surface area contributed by atoms with Crippen molar-refractivity contribution in [3.8, 4) is 0 Å². The second-order valence-electron chi connectivity index (χ2n) is 5.19. The van der Waals surface area contributed by atoms with Crippen molar-refractivity contribution < 1.29 is 5.11 Å². The van der Waals surface area contributed by atoms with E-state index in [9.17, 15) is 5.11 Å². The maximum Gasteiger partial charge on any atom is 0.0744 e. The number of hydrogen-bond acceptors (Lipinski definition) is 2. The van der Waals surface area contributed by atoms with Gasteiger partial charge in [0.15, 0.2) is 0 Å². The van der Waals surface area contributed by atoms with Gasteiger partial charge in [-0.2, -0.15) is 0 Å². The van der Waals surface area contributed by atoms with E-state index in [4.69, 9.17) is 5.73 Å². The highest BCUT2D eigenvalue weighted by Gasteiger charge is 2.35. The fourth-order valence-electron chi connectivity index (χ4n) is 2.37. The Kier molecular flexibility index (Phi) is 3.36. The minimum Gasteiger partial charge on any atom is -0.391 e. The molecule has 2 nitrogen and oxygen atoms in total. The van der Waals surface area contributed by atoms with Crippen LogP contribution in [0.2, 0.25) is 0 Å². The summed E-state index contributed by atoms with van der Waals surface area (Å²) in [6.45, 7) is 6.07. The normalized spacial score (nSPS) is 33.0. The lowest BCUT2D eigenvalue weighted by molar-refractivity contribution is 0.00705. The molecule has 13 heavy (non-hydrogen) atoms. The van der Waals surface area contributed by atoms with Gasteiger partial charge in [-0.25, -0.2) is 0 Å². The Labute approximate surface area is 81.5 Å². The van der Waals surface area contributed by atoms with E-state index in [0.29, 0.717) is 11.8 Å². The minimum absolute atomic E-state index is 0.345. The number of hydrogen-bond donors (Lipinski definition) is 2. The molecule has 3 atom stereocenters. The van der Waals surface area contributed by atoms with Crippen LogP contribution in [-0.4, -0.2) is 16.7 Å². The van der Waals surface area contributed by atoms with Gasteiger partial charge in [0.2, 0.25) is 0 Å². The maximum absolute atomic E-state index is 10.1. The summed E-state index contributed by atoms with van der Waals surface area (Å²) in [5.41, 5.74) is 5.47. The van der Waals surface area contributed by atoms with Crippen molar-refractivity contribution in [2.45, 2.75) is 58.1 Å². The van der Waals surface area contributed by atoms with Gasteiger partial charge < -0.3 is 10.8 Å². The first-order valence-corrected chi connectivity index (χ1v) is 5.40. The summed E-state index contributed by atoms with van der Waals surface area (Å²) in [6, 6.07) is 0. The smallest absolute Gasteiger partial charge is 0.0744 e. The van der Waals surface area contributed by atoms with Crippen LogP contribution in [0.3, 0.4) is 0 Å². The molecule has 0 heterocycles. The third-order valence-electron chi connectivity index (χ3n) is 3.35. The zero-order valence-corrected chi connectivity index (χ0v) is 9.09. The topological polar surface area (TPSA) is 46.2 Å². The van der Waals surface area contributed by atoms with Crippen molar-refractivity contribution in [3.05, 3.63) is 0 Å². The van der Waals surface area contributed by atoms with Gasteiger partial charge in [-0.15, -0.1) is 0 Å². The summed E-state index contributed by atoms with van der Waals surface area (Å²) in [5, 5.41) is 10.1. The van der Waals surface area contributed by atoms with Crippen LogP contribution in [0.5, 0.6) is 0 Å². The molecular weight excluding hydrogens is 162 g/mol. The molecule has 3 unspecified atom stereocenters. The molecule has 1 aliphatic rings. The number of aliphatic hydroxyl groups is 1. The van der Waals surface area contributed by atoms with Gasteiger partial charge in [0.25, 0.3) is 0 Å². The Hall–Kier alpha value is -0.0800. The lowest BCUT2D eigenvalue weighted by Gasteiger charge is -2.38. The van der Waals surface area contributed by atoms with Gasteiger partial charge in [-0.05, 0) is 32.1 Å². The average molecular weight is 185 g/mol. The van der Waals surface area contributed by atoms with E-state index in [0.717, 1.165) is 6.42 Å². The molecule has 0 amide bonds. The lowest BCUT2D eigenvalue weighted by Crippen LogP contribution is -2.51. The van der Waals surface area contributed by atoms with Crippen LogP contribution >= 0.6 is 0 Å². The molecular formula is C11H23NO. The fraction of sp³-hybridized carbons (Fsp3) is 1.00. The standard InChI is InChI=1S/C11H23NO/c1-8-6-4-5-7-9(8)10(13)11(2,3)12/h8-10,13H,4-7,12H2,1-3H3. The number of nitrogens with two attached hydrogens (primary N) is 1. The molecule has 1 aliphatic carbocycles. The van der Waals surface area contributed by atoms with Crippen LogP contribution < -0.4 is 5.73 Å². The Morgan fingerprint density at radius 1 is 1.31 bits per heavy atom. The molecule has 0 aromatic carbocycles. The van der Waals surface area contributed by atoms with E-state index in [1.807, 2.05) is 13.8 Å². The van der Waals surface area contributed by atoms with Gasteiger partial charge >= 0.3 is 0 Å². The molecule has 1 saturated carbocycles. The summed E-state index contributed by atoms with van der Waals surface area (Å²) in [6.07, 6.45) is 4.61. The largest absolute Gasteiger partial charge is 0.391 e. The van der Waals surface area contributed by atoms with Crippen molar-refractivity contribution >= 4 is 0 Å². The van der Waals surface area contributed by atoms with Crippen LogP contribution in [0.15, 0.2) is 0 Å². The molecule has 1 fully saturated rings. The van der Waals surface area contributed by atoms with Crippen molar-refractivity contribution in [1.82, 2.24) is 0 Å². The highest BCUT2D eigenvalue weighted by molar-refractivity contribution is 4.90. The Balaban J connectivity index is 2.58. The monoisotopic (exact) mass is 185 g/mol. The first-order chi connectivity index (χ1) is 5.93. The Bertz CT molecular complexity index is 162. The fourth-order valence-corrected chi connectivity index (χ4v) is 2.37. The Morgan fingerprint density at radius 3 is 2.31 bits per heavy atom. The predicted molar refractivity (Wildman–Crippen MR) is 55.4 cm³/mol. The molecule has 1 rings (SSSR count). The van der Waals surface area contributed by atoms with Crippen molar-refractivity contribution in [1.29, 1.82) is 0 Å². The SMILES string of the molecule is CC1CCCCC1C(O)C(C)(C)N. The highest BCUT2D eigenvalue weighted by Crippen LogP contribution is 2.34. The molecule has 3 N–H and O–H groups in total. The van der Waals surface area contributed by atoms with Crippen LogP contribution in [-0.2, 0) is 0 Å². The van der Waals surface area contributed by atoms with Crippen LogP contribution in [0, 0.1) is 11.8 Å². The maximum atomic E-state index is 10.1. The zero-order chi connectivity index (χ0) is 10.1. The highest BCUT2D eigenvalue weighted by atomic mass is 16.3. The van der Waals surface area contributed by atoms with Gasteiger partial charge in [0.1, 0.15) is 0 Å². The summed E-state index contributed by atoms with van der Waals surface area (Å²) < 4.78 is 0. The molecule has 0 aromatic rings. The van der Waals surface area contributed by atoms with E-state index in [1.165, 1.54) is 19.3 Å². The second kappa shape index (κ2) is 3.97. The molecule has 0 aliphatic heterocycles. The third-order valence-corrected chi connectivity index (χ3v) is 3.35. The molecule has 0 saturated heterocycles. The number of aliphatic hydroxyl groups excluding tert-OH is 1. The van der Waals surface area contributed by atoms with Crippen LogP contribution in [0.25, 0.3) is 0 Å². The molecule has 0 spiro atoms. The quantitative estimate of drug-likeness (QED) is 0.690. The van der Waals surface area contributed by atoms with Gasteiger partial charge in [-0.3, -0.25) is 0 Å². The van der Waals surface area contributed by atoms with Gasteiger partial charge in [0.05, 0.1) is 6.10 Å². The van der Waals surface area contributed by atoms with Gasteiger partial charge in [0, 0.05) is 5.54 Å². The van der Waals surface area contributed by atoms with Crippen molar-refractivity contribution in [2.24, 2.45) is 17.6 Å². The first kappa shape index (κ1) is 11.0. The molecule has 78 valence electrons.